The van der Waals surface area contributed by atoms with E-state index in [1.54, 1.807) is 7.11 Å². The number of halogens is 1. The molecule has 0 heterocycles. The SMILES string of the molecule is COC(C)(C)CCOC(C)(C)C(C)(P)CC(C)(C)I. The normalized spacial score (nSPS) is 17.4. The third-order valence-electron chi connectivity index (χ3n) is 3.88. The van der Waals surface area contributed by atoms with Crippen molar-refractivity contribution >= 4 is 31.8 Å². The third-order valence-corrected chi connectivity index (χ3v) is 5.16. The molecule has 0 aliphatic rings. The first-order chi connectivity index (χ1) is 8.22. The van der Waals surface area contributed by atoms with Crippen LogP contribution >= 0.6 is 31.8 Å². The lowest BCUT2D eigenvalue weighted by Crippen LogP contribution is -2.48. The van der Waals surface area contributed by atoms with E-state index in [1.807, 2.05) is 0 Å². The summed E-state index contributed by atoms with van der Waals surface area (Å²) in [6.45, 7) is 16.1. The zero-order chi connectivity index (χ0) is 15.5. The van der Waals surface area contributed by atoms with E-state index >= 15 is 0 Å². The summed E-state index contributed by atoms with van der Waals surface area (Å²) in [5.41, 5.74) is -0.292. The zero-order valence-electron chi connectivity index (χ0n) is 13.9. The predicted octanol–water partition coefficient (Wildman–Crippen LogP) is 4.83. The van der Waals surface area contributed by atoms with Crippen LogP contribution in [-0.2, 0) is 9.47 Å². The van der Waals surface area contributed by atoms with E-state index < -0.39 is 0 Å². The molecule has 0 rings (SSSR count). The van der Waals surface area contributed by atoms with Crippen molar-refractivity contribution in [3.05, 3.63) is 0 Å². The van der Waals surface area contributed by atoms with Crippen LogP contribution in [0.2, 0.25) is 0 Å². The van der Waals surface area contributed by atoms with Gasteiger partial charge in [0.05, 0.1) is 17.8 Å². The number of alkyl halides is 1. The van der Waals surface area contributed by atoms with Crippen LogP contribution < -0.4 is 0 Å². The van der Waals surface area contributed by atoms with Gasteiger partial charge in [0.1, 0.15) is 0 Å². The van der Waals surface area contributed by atoms with Gasteiger partial charge in [-0.3, -0.25) is 0 Å². The van der Waals surface area contributed by atoms with Gasteiger partial charge in [0.25, 0.3) is 0 Å². The lowest BCUT2D eigenvalue weighted by molar-refractivity contribution is -0.0748. The summed E-state index contributed by atoms with van der Waals surface area (Å²) in [6, 6.07) is 0. The van der Waals surface area contributed by atoms with Gasteiger partial charge in [0.2, 0.25) is 0 Å². The number of hydrogen-bond acceptors (Lipinski definition) is 2. The zero-order valence-corrected chi connectivity index (χ0v) is 17.2. The fourth-order valence-electron chi connectivity index (χ4n) is 1.91. The second-order valence-electron chi connectivity index (χ2n) is 7.39. The van der Waals surface area contributed by atoms with Gasteiger partial charge in [0.15, 0.2) is 0 Å². The first-order valence-corrected chi connectivity index (χ1v) is 8.55. The molecule has 4 heteroatoms. The average molecular weight is 402 g/mol. The third kappa shape index (κ3) is 7.59. The lowest BCUT2D eigenvalue weighted by atomic mass is 9.84. The smallest absolute Gasteiger partial charge is 0.0714 e. The molecule has 0 amide bonds. The highest BCUT2D eigenvalue weighted by Gasteiger charge is 2.41. The molecule has 0 saturated carbocycles. The van der Waals surface area contributed by atoms with Crippen LogP contribution in [0, 0.1) is 0 Å². The summed E-state index contributed by atoms with van der Waals surface area (Å²) >= 11 is 2.51. The highest BCUT2D eigenvalue weighted by molar-refractivity contribution is 14.1. The van der Waals surface area contributed by atoms with Crippen LogP contribution in [0.1, 0.15) is 61.3 Å². The quantitative estimate of drug-likeness (QED) is 0.329. The average Bonchev–Trinajstić information content (AvgIpc) is 2.13. The van der Waals surface area contributed by atoms with Gasteiger partial charge in [-0.05, 0) is 40.5 Å². The summed E-state index contributed by atoms with van der Waals surface area (Å²) in [4.78, 5) is 0. The summed E-state index contributed by atoms with van der Waals surface area (Å²) in [5, 5.41) is 0.0505. The molecule has 0 aromatic heterocycles. The van der Waals surface area contributed by atoms with Crippen LogP contribution in [0.5, 0.6) is 0 Å². The van der Waals surface area contributed by atoms with Gasteiger partial charge in [-0.25, -0.2) is 0 Å². The molecule has 0 radical (unpaired) electrons. The van der Waals surface area contributed by atoms with E-state index in [2.05, 4.69) is 80.3 Å². The second-order valence-corrected chi connectivity index (χ2v) is 11.6. The van der Waals surface area contributed by atoms with E-state index in [-0.39, 0.29) is 19.8 Å². The fraction of sp³-hybridized carbons (Fsp3) is 1.00. The van der Waals surface area contributed by atoms with Gasteiger partial charge in [-0.15, -0.1) is 9.24 Å². The molecule has 0 aromatic rings. The molecule has 0 aliphatic carbocycles. The molecule has 2 nitrogen and oxygen atoms in total. The number of methoxy groups -OCH3 is 1. The Morgan fingerprint density at radius 1 is 1.00 bits per heavy atom. The molecule has 116 valence electrons. The van der Waals surface area contributed by atoms with Crippen molar-refractivity contribution in [1.82, 2.24) is 0 Å². The predicted molar refractivity (Wildman–Crippen MR) is 96.6 cm³/mol. The van der Waals surface area contributed by atoms with E-state index in [9.17, 15) is 0 Å². The van der Waals surface area contributed by atoms with Crippen molar-refractivity contribution in [3.8, 4) is 0 Å². The molecule has 0 aliphatic heterocycles. The Hall–Kier alpha value is 1.08. The van der Waals surface area contributed by atoms with Gasteiger partial charge < -0.3 is 9.47 Å². The van der Waals surface area contributed by atoms with Crippen molar-refractivity contribution in [1.29, 1.82) is 0 Å². The molecular weight excluding hydrogens is 370 g/mol. The van der Waals surface area contributed by atoms with Crippen molar-refractivity contribution in [2.24, 2.45) is 0 Å². The van der Waals surface area contributed by atoms with Crippen LogP contribution in [0.25, 0.3) is 0 Å². The van der Waals surface area contributed by atoms with Gasteiger partial charge >= 0.3 is 0 Å². The Balaban J connectivity index is 4.53. The molecule has 0 fully saturated rings. The summed E-state index contributed by atoms with van der Waals surface area (Å²) in [7, 11) is 4.75. The Kier molecular flexibility index (Phi) is 7.29. The molecule has 0 N–H and O–H groups in total. The minimum Gasteiger partial charge on any atom is -0.379 e. The number of hydrogen-bond donors (Lipinski definition) is 0. The highest BCUT2D eigenvalue weighted by Crippen LogP contribution is 2.43. The largest absolute Gasteiger partial charge is 0.379 e. The van der Waals surface area contributed by atoms with E-state index in [0.717, 1.165) is 19.4 Å². The molecular formula is C15H32IO2P. The molecule has 0 saturated heterocycles. The Morgan fingerprint density at radius 3 is 1.84 bits per heavy atom. The fourth-order valence-corrected chi connectivity index (χ4v) is 3.71. The van der Waals surface area contributed by atoms with Crippen LogP contribution in [0.4, 0.5) is 0 Å². The molecule has 0 aromatic carbocycles. The van der Waals surface area contributed by atoms with Gasteiger partial charge in [0, 0.05) is 15.7 Å². The number of rotatable bonds is 8. The Morgan fingerprint density at radius 2 is 1.47 bits per heavy atom. The first-order valence-electron chi connectivity index (χ1n) is 6.89. The molecule has 0 bridgehead atoms. The summed E-state index contributed by atoms with van der Waals surface area (Å²) < 4.78 is 11.9. The van der Waals surface area contributed by atoms with Gasteiger partial charge in [-0.2, -0.15) is 0 Å². The van der Waals surface area contributed by atoms with E-state index in [1.165, 1.54) is 0 Å². The molecule has 0 spiro atoms. The van der Waals surface area contributed by atoms with Crippen molar-refractivity contribution in [2.45, 2.75) is 81.1 Å². The van der Waals surface area contributed by atoms with Gasteiger partial charge in [-0.1, -0.05) is 43.4 Å². The minimum atomic E-state index is -0.177. The molecule has 2 unspecified atom stereocenters. The molecule has 19 heavy (non-hydrogen) atoms. The minimum absolute atomic E-state index is 0.0505. The first kappa shape index (κ1) is 20.1. The monoisotopic (exact) mass is 402 g/mol. The maximum absolute atomic E-state index is 6.17. The highest BCUT2D eigenvalue weighted by atomic mass is 127. The second kappa shape index (κ2) is 6.89. The van der Waals surface area contributed by atoms with Crippen molar-refractivity contribution in [3.63, 3.8) is 0 Å². The Bertz CT molecular complexity index is 280. The van der Waals surface area contributed by atoms with Crippen LogP contribution in [-0.4, -0.2) is 33.5 Å². The van der Waals surface area contributed by atoms with Crippen LogP contribution in [0.15, 0.2) is 0 Å². The maximum Gasteiger partial charge on any atom is 0.0714 e. The van der Waals surface area contributed by atoms with Crippen LogP contribution in [0.3, 0.4) is 0 Å². The Labute approximate surface area is 136 Å². The van der Waals surface area contributed by atoms with Crippen molar-refractivity contribution in [2.75, 3.05) is 13.7 Å². The number of ether oxygens (including phenoxy) is 2. The molecule has 2 atom stereocenters. The topological polar surface area (TPSA) is 18.5 Å². The summed E-state index contributed by atoms with van der Waals surface area (Å²) in [5.74, 6) is 0. The maximum atomic E-state index is 6.17. The van der Waals surface area contributed by atoms with Crippen molar-refractivity contribution < 1.29 is 9.47 Å². The summed E-state index contributed by atoms with van der Waals surface area (Å²) in [6.07, 6.45) is 1.99. The van der Waals surface area contributed by atoms with E-state index in [4.69, 9.17) is 9.47 Å². The standard InChI is InChI=1S/C15H32IO2P/c1-12(2,16)11-15(7,19)14(5,6)18-10-9-13(3,4)17-8/h9-11,19H2,1-8H3. The lowest BCUT2D eigenvalue weighted by Gasteiger charge is -2.44. The van der Waals surface area contributed by atoms with E-state index in [0.29, 0.717) is 0 Å².